The molecule has 7 rings (SSSR count). The van der Waals surface area contributed by atoms with Gasteiger partial charge in [0, 0.05) is 68.5 Å². The lowest BCUT2D eigenvalue weighted by Gasteiger charge is -2.14. The number of ether oxygens (including phenoxy) is 1. The molecular formula is C36H38ClN5O3S2. The highest BCUT2D eigenvalue weighted by atomic mass is 35.5. The molecule has 11 heteroatoms. The minimum atomic E-state index is -1.64. The second-order valence-corrected chi connectivity index (χ2v) is 14.8. The Hall–Kier alpha value is -3.41. The number of hydrogen-bond acceptors (Lipinski definition) is 7. The molecule has 1 aliphatic heterocycles. The number of fused-ring (bicyclic) bond motifs is 8. The Kier molecular flexibility index (Phi) is 9.06. The molecular weight excluding hydrogens is 650 g/mol. The third-order valence-electron chi connectivity index (χ3n) is 8.83. The number of thioether (sulfide) groups is 2. The lowest BCUT2D eigenvalue weighted by molar-refractivity contribution is -0.0481. The number of nitrogens with one attached hydrogen (secondary N) is 1. The summed E-state index contributed by atoms with van der Waals surface area (Å²) >= 11 is 10.5. The van der Waals surface area contributed by atoms with Crippen molar-refractivity contribution in [1.82, 2.24) is 24.5 Å². The molecule has 0 saturated carbocycles. The van der Waals surface area contributed by atoms with Crippen LogP contribution in [0.5, 0.6) is 5.75 Å². The number of nitrogens with zero attached hydrogens (tertiary/aromatic N) is 4. The van der Waals surface area contributed by atoms with Gasteiger partial charge in [-0.05, 0) is 68.8 Å². The van der Waals surface area contributed by atoms with Crippen LogP contribution in [0.25, 0.3) is 32.8 Å². The van der Waals surface area contributed by atoms with Gasteiger partial charge in [-0.15, -0.1) is 23.5 Å². The van der Waals surface area contributed by atoms with Gasteiger partial charge in [-0.3, -0.25) is 9.78 Å². The maximum Gasteiger partial charge on any atom is 0.194 e. The molecule has 1 aliphatic rings. The fourth-order valence-corrected chi connectivity index (χ4v) is 8.80. The van der Waals surface area contributed by atoms with E-state index in [9.17, 15) is 10.2 Å². The predicted octanol–water partition coefficient (Wildman–Crippen LogP) is 8.49. The van der Waals surface area contributed by atoms with E-state index in [0.29, 0.717) is 35.9 Å². The monoisotopic (exact) mass is 687 g/mol. The Morgan fingerprint density at radius 3 is 2.64 bits per heavy atom. The second-order valence-electron chi connectivity index (χ2n) is 12.3. The molecule has 0 saturated heterocycles. The predicted molar refractivity (Wildman–Crippen MR) is 192 cm³/mol. The summed E-state index contributed by atoms with van der Waals surface area (Å²) in [7, 11) is 1.87. The molecule has 0 atom stereocenters. The normalized spacial score (nSPS) is 14.6. The lowest BCUT2D eigenvalue weighted by Crippen LogP contribution is -2.07. The molecule has 0 unspecified atom stereocenters. The molecule has 0 amide bonds. The van der Waals surface area contributed by atoms with E-state index in [0.717, 1.165) is 77.6 Å². The first-order chi connectivity index (χ1) is 22.7. The zero-order chi connectivity index (χ0) is 32.8. The maximum atomic E-state index is 10.6. The number of aromatic nitrogens is 5. The van der Waals surface area contributed by atoms with Gasteiger partial charge in [0.1, 0.15) is 5.75 Å². The summed E-state index contributed by atoms with van der Waals surface area (Å²) < 4.78 is 10.5. The van der Waals surface area contributed by atoms with Crippen LogP contribution in [0.1, 0.15) is 66.6 Å². The Labute approximate surface area is 287 Å². The summed E-state index contributed by atoms with van der Waals surface area (Å²) in [6, 6.07) is 19.0. The summed E-state index contributed by atoms with van der Waals surface area (Å²) in [4.78, 5) is 1.14. The molecule has 3 aromatic heterocycles. The number of benzene rings is 3. The van der Waals surface area contributed by atoms with Crippen molar-refractivity contribution in [3.05, 3.63) is 93.7 Å². The summed E-state index contributed by atoms with van der Waals surface area (Å²) in [5.74, 6) is 3.04. The number of aliphatic hydroxyl groups is 2. The highest BCUT2D eigenvalue weighted by molar-refractivity contribution is 7.98. The van der Waals surface area contributed by atoms with Crippen molar-refractivity contribution in [2.24, 2.45) is 7.05 Å². The van der Waals surface area contributed by atoms with Crippen molar-refractivity contribution in [3.63, 3.8) is 0 Å². The summed E-state index contributed by atoms with van der Waals surface area (Å²) in [6.07, 6.45) is -0.355. The van der Waals surface area contributed by atoms with Crippen LogP contribution in [0.15, 0.2) is 59.5 Å². The van der Waals surface area contributed by atoms with E-state index in [1.165, 1.54) is 5.69 Å². The smallest absolute Gasteiger partial charge is 0.194 e. The van der Waals surface area contributed by atoms with Crippen molar-refractivity contribution in [1.29, 1.82) is 0 Å². The number of aryl methyl sites for hydroxylation is 3. The van der Waals surface area contributed by atoms with Gasteiger partial charge < -0.3 is 19.5 Å². The standard InChI is InChI=1S/C36H38ClN5O3S2/c1-20(2)42-24-15-23(40-42)17-46-19-30-32(21(3)38-39-30)33-29(37)12-11-28-27(35(36(43)44)41(4)34(28)33)10-7-13-45-31-16-25(47-18-24)14-22-8-5-6-9-26(22)31/h5-6,8-9,11-12,14-16,20,36,43-44H,7,10,13,17-19H2,1-4H3,(H,38,39). The van der Waals surface area contributed by atoms with Gasteiger partial charge in [-0.25, -0.2) is 0 Å². The van der Waals surface area contributed by atoms with E-state index < -0.39 is 6.29 Å². The van der Waals surface area contributed by atoms with Crippen LogP contribution >= 0.6 is 35.1 Å². The van der Waals surface area contributed by atoms with E-state index in [1.807, 2.05) is 36.7 Å². The average molecular weight is 688 g/mol. The topological polar surface area (TPSA) is 101 Å². The summed E-state index contributed by atoms with van der Waals surface area (Å²) in [5, 5.41) is 37.8. The summed E-state index contributed by atoms with van der Waals surface area (Å²) in [5.41, 5.74) is 8.03. The number of aromatic amines is 1. The van der Waals surface area contributed by atoms with E-state index in [2.05, 4.69) is 60.0 Å². The highest BCUT2D eigenvalue weighted by Gasteiger charge is 2.26. The molecule has 3 N–H and O–H groups in total. The number of halogens is 1. The van der Waals surface area contributed by atoms with Crippen LogP contribution in [-0.2, 0) is 30.7 Å². The molecule has 0 fully saturated rings. The zero-order valence-electron chi connectivity index (χ0n) is 26.9. The highest BCUT2D eigenvalue weighted by Crippen LogP contribution is 2.43. The lowest BCUT2D eigenvalue weighted by atomic mass is 9.98. The molecule has 244 valence electrons. The van der Waals surface area contributed by atoms with Gasteiger partial charge in [0.25, 0.3) is 0 Å². The van der Waals surface area contributed by atoms with Crippen molar-refractivity contribution in [3.8, 4) is 16.9 Å². The van der Waals surface area contributed by atoms with Gasteiger partial charge in [0.2, 0.25) is 0 Å². The Bertz CT molecular complexity index is 2100. The van der Waals surface area contributed by atoms with Gasteiger partial charge >= 0.3 is 0 Å². The van der Waals surface area contributed by atoms with Gasteiger partial charge in [0.05, 0.1) is 34.2 Å². The van der Waals surface area contributed by atoms with E-state index in [1.54, 1.807) is 23.5 Å². The molecule has 8 nitrogen and oxygen atoms in total. The molecule has 4 heterocycles. The molecule has 0 spiro atoms. The molecule has 8 bridgehead atoms. The Morgan fingerprint density at radius 2 is 1.83 bits per heavy atom. The van der Waals surface area contributed by atoms with Gasteiger partial charge in [-0.2, -0.15) is 10.2 Å². The second kappa shape index (κ2) is 13.2. The quantitative estimate of drug-likeness (QED) is 0.157. The first-order valence-corrected chi connectivity index (χ1v) is 18.4. The summed E-state index contributed by atoms with van der Waals surface area (Å²) in [6.45, 7) is 6.82. The first kappa shape index (κ1) is 32.2. The zero-order valence-corrected chi connectivity index (χ0v) is 29.3. The Morgan fingerprint density at radius 1 is 1.00 bits per heavy atom. The van der Waals surface area contributed by atoms with Gasteiger partial charge in [-0.1, -0.05) is 41.9 Å². The van der Waals surface area contributed by atoms with E-state index >= 15 is 0 Å². The van der Waals surface area contributed by atoms with Crippen LogP contribution in [-0.4, -0.2) is 41.4 Å². The number of H-pyrrole nitrogens is 1. The van der Waals surface area contributed by atoms with Crippen molar-refractivity contribution in [2.75, 3.05) is 6.61 Å². The molecule has 6 aromatic rings. The minimum absolute atomic E-state index is 0.242. The fraction of sp³-hybridized carbons (Fsp3) is 0.333. The van der Waals surface area contributed by atoms with Crippen molar-refractivity contribution < 1.29 is 14.9 Å². The van der Waals surface area contributed by atoms with E-state index in [-0.39, 0.29) is 6.04 Å². The fourth-order valence-electron chi connectivity index (χ4n) is 6.77. The molecule has 3 aromatic carbocycles. The van der Waals surface area contributed by atoms with Gasteiger partial charge in [0.15, 0.2) is 6.29 Å². The van der Waals surface area contributed by atoms with E-state index in [4.69, 9.17) is 26.5 Å². The SMILES string of the molecule is Cc1[nH]nc2c1-c1c(Cl)ccc3c(c(C(O)O)n(C)c13)CCCOc1cc(cc3ccccc13)SCc1cc(nn1C(C)C)CSC2. The molecule has 47 heavy (non-hydrogen) atoms. The van der Waals surface area contributed by atoms with Crippen LogP contribution in [0.2, 0.25) is 5.02 Å². The van der Waals surface area contributed by atoms with Crippen LogP contribution in [0, 0.1) is 6.92 Å². The number of hydrogen-bond donors (Lipinski definition) is 3. The first-order valence-electron chi connectivity index (χ1n) is 15.8. The van der Waals surface area contributed by atoms with Crippen molar-refractivity contribution in [2.45, 2.75) is 68.1 Å². The van der Waals surface area contributed by atoms with Crippen LogP contribution in [0.4, 0.5) is 0 Å². The Balaban J connectivity index is 1.35. The number of aliphatic hydroxyl groups excluding tert-OH is 1. The number of rotatable bonds is 2. The molecule has 0 radical (unpaired) electrons. The third-order valence-corrected chi connectivity index (χ3v) is 11.1. The van der Waals surface area contributed by atoms with Crippen LogP contribution in [0.3, 0.4) is 0 Å². The minimum Gasteiger partial charge on any atom is -0.493 e. The largest absolute Gasteiger partial charge is 0.493 e. The van der Waals surface area contributed by atoms with Crippen LogP contribution < -0.4 is 4.74 Å². The third kappa shape index (κ3) is 6.06. The molecule has 0 aliphatic carbocycles. The average Bonchev–Trinajstić information content (AvgIpc) is 3.71. The van der Waals surface area contributed by atoms with Crippen molar-refractivity contribution >= 4 is 56.8 Å². The maximum absolute atomic E-state index is 10.6.